The van der Waals surface area contributed by atoms with E-state index < -0.39 is 23.1 Å². The molecule has 5 saturated heterocycles. The van der Waals surface area contributed by atoms with E-state index in [1.807, 2.05) is 56.3 Å². The molecule has 0 saturated carbocycles. The lowest BCUT2D eigenvalue weighted by molar-refractivity contribution is -0.0366. The minimum absolute atomic E-state index is 0.0140. The van der Waals surface area contributed by atoms with Crippen LogP contribution in [0.2, 0.25) is 5.02 Å². The maximum Gasteiger partial charge on any atom is 0.410 e. The van der Waals surface area contributed by atoms with Crippen LogP contribution in [0.1, 0.15) is 89.7 Å². The number of aromatic nitrogens is 4. The SMILES string of the molecule is Cc1cc2c(o1)c(-c1c(Cl)c(C)cc3c1cnn3C1CCCCO1)c(F)c1nc(OC[C@@]34CCCN3C[C@H](F)C4)nc(N3C[C@H]4CC[C@@H](C3)N4C(=O)OC(C)(C)C)c12. The van der Waals surface area contributed by atoms with Gasteiger partial charge in [0.05, 0.1) is 45.3 Å². The van der Waals surface area contributed by atoms with Crippen LogP contribution in [-0.4, -0.2) is 104 Å². The zero-order valence-electron chi connectivity index (χ0n) is 33.7. The highest BCUT2D eigenvalue weighted by atomic mass is 35.5. The summed E-state index contributed by atoms with van der Waals surface area (Å²) in [5.74, 6) is 0.454. The van der Waals surface area contributed by atoms with E-state index >= 15 is 4.39 Å². The van der Waals surface area contributed by atoms with Gasteiger partial charge in [-0.05, 0) is 104 Å². The predicted octanol–water partition coefficient (Wildman–Crippen LogP) is 9.04. The number of benzene rings is 2. The van der Waals surface area contributed by atoms with E-state index in [4.69, 9.17) is 45.3 Å². The van der Waals surface area contributed by atoms with E-state index in [-0.39, 0.29) is 48.1 Å². The molecule has 5 aliphatic heterocycles. The first-order chi connectivity index (χ1) is 27.8. The number of rotatable bonds is 6. The number of hydrogen-bond acceptors (Lipinski definition) is 10. The zero-order valence-corrected chi connectivity index (χ0v) is 34.5. The number of carbonyl (C=O) groups is 1. The van der Waals surface area contributed by atoms with Crippen LogP contribution in [0.25, 0.3) is 43.9 Å². The quantitative estimate of drug-likeness (QED) is 0.165. The molecule has 2 aromatic carbocycles. The number of amides is 1. The molecule has 308 valence electrons. The van der Waals surface area contributed by atoms with Crippen LogP contribution < -0.4 is 9.64 Å². The van der Waals surface area contributed by atoms with Gasteiger partial charge in [-0.1, -0.05) is 11.6 Å². The highest BCUT2D eigenvalue weighted by Gasteiger charge is 2.50. The molecule has 15 heteroatoms. The fraction of sp³-hybridized carbons (Fsp3) is 0.581. The van der Waals surface area contributed by atoms with Crippen molar-refractivity contribution in [2.75, 3.05) is 44.3 Å². The van der Waals surface area contributed by atoms with Gasteiger partial charge in [-0.2, -0.15) is 15.1 Å². The van der Waals surface area contributed by atoms with Crippen molar-refractivity contribution in [3.63, 3.8) is 0 Å². The summed E-state index contributed by atoms with van der Waals surface area (Å²) >= 11 is 7.20. The summed E-state index contributed by atoms with van der Waals surface area (Å²) in [5, 5.41) is 6.94. The molecule has 3 aromatic heterocycles. The van der Waals surface area contributed by atoms with Crippen molar-refractivity contribution in [3.8, 4) is 17.1 Å². The van der Waals surface area contributed by atoms with Gasteiger partial charge < -0.3 is 23.5 Å². The normalized spacial score (nSPS) is 26.4. The second kappa shape index (κ2) is 13.9. The van der Waals surface area contributed by atoms with E-state index in [1.54, 1.807) is 6.20 Å². The highest BCUT2D eigenvalue weighted by Crippen LogP contribution is 2.49. The number of fused-ring (bicyclic) bond motifs is 7. The minimum Gasteiger partial charge on any atom is -0.461 e. The number of alkyl halides is 1. The summed E-state index contributed by atoms with van der Waals surface area (Å²) in [5.41, 5.74) is 1.48. The van der Waals surface area contributed by atoms with E-state index in [9.17, 15) is 9.18 Å². The highest BCUT2D eigenvalue weighted by molar-refractivity contribution is 6.36. The molecule has 1 unspecified atom stereocenters. The standard InChI is InChI=1S/C43H50ClF2N7O5/c1-23-15-30-29(18-47-53(30)31-9-6-7-14-55-31)32(35(23)44)34-36(46)37-33(28-16-24(2)57-38(28)34)39(49-40(48-37)56-22-43-12-8-13-51(43)19-25(45)17-43)50-20-26-10-11-27(21-50)52(26)41(54)58-42(3,4)5/h15-16,18,25-27,31H,6-14,17,19-22H2,1-5H3/t25-,26-,27+,31?,43+/m1/s1. The summed E-state index contributed by atoms with van der Waals surface area (Å²) in [6, 6.07) is 3.62. The number of carbonyl (C=O) groups excluding carboxylic acids is 1. The van der Waals surface area contributed by atoms with Gasteiger partial charge in [0.15, 0.2) is 12.0 Å². The Morgan fingerprint density at radius 3 is 2.57 bits per heavy atom. The van der Waals surface area contributed by atoms with E-state index in [2.05, 4.69) is 9.80 Å². The zero-order chi connectivity index (χ0) is 40.2. The molecular formula is C43H50ClF2N7O5. The number of aryl methyl sites for hydroxylation is 2. The van der Waals surface area contributed by atoms with Crippen molar-refractivity contribution in [2.24, 2.45) is 0 Å². The van der Waals surface area contributed by atoms with Crippen LogP contribution in [0.5, 0.6) is 6.01 Å². The number of piperazine rings is 1. The van der Waals surface area contributed by atoms with Crippen LogP contribution in [0, 0.1) is 19.7 Å². The molecular weight excluding hydrogens is 768 g/mol. The third-order valence-electron chi connectivity index (χ3n) is 13.0. The number of hydrogen-bond donors (Lipinski definition) is 0. The summed E-state index contributed by atoms with van der Waals surface area (Å²) in [6.45, 7) is 12.3. The lowest BCUT2D eigenvalue weighted by Crippen LogP contribution is -2.57. The Morgan fingerprint density at radius 1 is 1.03 bits per heavy atom. The molecule has 5 aromatic rings. The predicted molar refractivity (Wildman–Crippen MR) is 217 cm³/mol. The average Bonchev–Trinajstić information content (AvgIpc) is 3.99. The Balaban J connectivity index is 1.15. The first kappa shape index (κ1) is 38.0. The fourth-order valence-corrected chi connectivity index (χ4v) is 10.7. The largest absolute Gasteiger partial charge is 0.461 e. The van der Waals surface area contributed by atoms with E-state index in [0.29, 0.717) is 76.6 Å². The fourth-order valence-electron chi connectivity index (χ4n) is 10.5. The van der Waals surface area contributed by atoms with Crippen molar-refractivity contribution < 1.29 is 32.2 Å². The molecule has 12 nitrogen and oxygen atoms in total. The second-order valence-electron chi connectivity index (χ2n) is 18.1. The lowest BCUT2D eigenvalue weighted by Gasteiger charge is -2.42. The summed E-state index contributed by atoms with van der Waals surface area (Å²) in [4.78, 5) is 29.5. The molecule has 1 amide bonds. The monoisotopic (exact) mass is 817 g/mol. The van der Waals surface area contributed by atoms with Crippen molar-refractivity contribution in [1.82, 2.24) is 29.5 Å². The maximum absolute atomic E-state index is 18.1. The van der Waals surface area contributed by atoms with Gasteiger partial charge in [-0.25, -0.2) is 18.3 Å². The van der Waals surface area contributed by atoms with Gasteiger partial charge in [0.2, 0.25) is 0 Å². The van der Waals surface area contributed by atoms with Gasteiger partial charge in [-0.3, -0.25) is 9.80 Å². The molecule has 5 atom stereocenters. The van der Waals surface area contributed by atoms with Gasteiger partial charge in [0, 0.05) is 49.0 Å². The van der Waals surface area contributed by atoms with Crippen molar-refractivity contribution in [3.05, 3.63) is 40.5 Å². The van der Waals surface area contributed by atoms with E-state index in [0.717, 1.165) is 62.6 Å². The van der Waals surface area contributed by atoms with Gasteiger partial charge in [-0.15, -0.1) is 0 Å². The summed E-state index contributed by atoms with van der Waals surface area (Å²) in [7, 11) is 0. The minimum atomic E-state index is -0.934. The van der Waals surface area contributed by atoms with Gasteiger partial charge in [0.1, 0.15) is 41.1 Å². The summed E-state index contributed by atoms with van der Waals surface area (Å²) in [6.07, 6.45) is 6.80. The Hall–Kier alpha value is -4.27. The van der Waals surface area contributed by atoms with Gasteiger partial charge >= 0.3 is 12.1 Å². The molecule has 5 aliphatic rings. The Labute approximate surface area is 340 Å². The second-order valence-corrected chi connectivity index (χ2v) is 18.5. The van der Waals surface area contributed by atoms with Crippen LogP contribution in [0.15, 0.2) is 22.7 Å². The Morgan fingerprint density at radius 2 is 1.83 bits per heavy atom. The van der Waals surface area contributed by atoms with Crippen molar-refractivity contribution in [1.29, 1.82) is 0 Å². The topological polar surface area (TPSA) is 111 Å². The Bertz CT molecular complexity index is 2450. The maximum atomic E-state index is 18.1. The average molecular weight is 818 g/mol. The molecule has 0 N–H and O–H groups in total. The smallest absolute Gasteiger partial charge is 0.410 e. The first-order valence-corrected chi connectivity index (χ1v) is 21.2. The lowest BCUT2D eigenvalue weighted by atomic mass is 9.94. The number of nitrogens with zero attached hydrogens (tertiary/aromatic N) is 7. The van der Waals surface area contributed by atoms with Crippen LogP contribution in [0.4, 0.5) is 19.4 Å². The van der Waals surface area contributed by atoms with Crippen molar-refractivity contribution in [2.45, 2.75) is 122 Å². The third kappa shape index (κ3) is 6.18. The molecule has 8 heterocycles. The number of halogens is 3. The first-order valence-electron chi connectivity index (χ1n) is 20.8. The molecule has 5 fully saturated rings. The number of ether oxygens (including phenoxy) is 3. The summed E-state index contributed by atoms with van der Waals surface area (Å²) < 4.78 is 59.6. The van der Waals surface area contributed by atoms with Crippen molar-refractivity contribution >= 4 is 56.3 Å². The third-order valence-corrected chi connectivity index (χ3v) is 13.5. The van der Waals surface area contributed by atoms with Gasteiger partial charge in [0.25, 0.3) is 0 Å². The molecule has 0 radical (unpaired) electrons. The Kier molecular flexibility index (Phi) is 9.10. The molecule has 10 rings (SSSR count). The molecule has 58 heavy (non-hydrogen) atoms. The van der Waals surface area contributed by atoms with Crippen LogP contribution >= 0.6 is 11.6 Å². The number of furan rings is 1. The van der Waals surface area contributed by atoms with E-state index in [1.165, 1.54) is 0 Å². The molecule has 0 spiro atoms. The van der Waals surface area contributed by atoms with Crippen LogP contribution in [-0.2, 0) is 9.47 Å². The molecule has 2 bridgehead atoms. The molecule has 0 aliphatic carbocycles. The number of anilines is 1. The van der Waals surface area contributed by atoms with Crippen LogP contribution in [0.3, 0.4) is 0 Å².